The maximum atomic E-state index is 13.3. The molecule has 5 nitrogen and oxygen atoms in total. The fourth-order valence-electron chi connectivity index (χ4n) is 4.00. The van der Waals surface area contributed by atoms with Crippen molar-refractivity contribution in [2.24, 2.45) is 0 Å². The van der Waals surface area contributed by atoms with Crippen LogP contribution in [-0.4, -0.2) is 25.7 Å². The summed E-state index contributed by atoms with van der Waals surface area (Å²) in [7, 11) is -2.40. The van der Waals surface area contributed by atoms with Gasteiger partial charge in [0.15, 0.2) is 0 Å². The molecule has 6 heteroatoms. The minimum atomic E-state index is -4.00. The Morgan fingerprint density at radius 2 is 1.59 bits per heavy atom. The number of allylic oxidation sites excluding steroid dienone is 1. The van der Waals surface area contributed by atoms with E-state index in [1.54, 1.807) is 19.2 Å². The molecule has 0 spiro atoms. The molecule has 1 heterocycles. The third kappa shape index (κ3) is 4.32. The van der Waals surface area contributed by atoms with Crippen LogP contribution in [0.15, 0.2) is 95.5 Å². The number of rotatable bonds is 6. The summed E-state index contributed by atoms with van der Waals surface area (Å²) in [5, 5.41) is 0. The Morgan fingerprint density at radius 3 is 2.28 bits per heavy atom. The van der Waals surface area contributed by atoms with Gasteiger partial charge in [0, 0.05) is 24.1 Å². The number of benzene rings is 3. The quantitative estimate of drug-likeness (QED) is 0.543. The van der Waals surface area contributed by atoms with E-state index in [1.165, 1.54) is 18.3 Å². The van der Waals surface area contributed by atoms with Crippen molar-refractivity contribution in [3.63, 3.8) is 0 Å². The van der Waals surface area contributed by atoms with Crippen molar-refractivity contribution in [1.29, 1.82) is 0 Å². The second kappa shape index (κ2) is 9.01. The molecule has 1 amide bonds. The highest BCUT2D eigenvalue weighted by atomic mass is 32.2. The van der Waals surface area contributed by atoms with E-state index in [1.807, 2.05) is 61.5 Å². The van der Waals surface area contributed by atoms with Gasteiger partial charge in [-0.1, -0.05) is 66.2 Å². The monoisotopic (exact) mass is 447 g/mol. The van der Waals surface area contributed by atoms with Crippen LogP contribution < -0.4 is 4.74 Å². The summed E-state index contributed by atoms with van der Waals surface area (Å²) >= 11 is 0. The summed E-state index contributed by atoms with van der Waals surface area (Å²) in [5.74, 6) is -0.0549. The summed E-state index contributed by atoms with van der Waals surface area (Å²) in [5.41, 5.74) is 3.71. The van der Waals surface area contributed by atoms with Gasteiger partial charge in [0.05, 0.1) is 12.0 Å². The van der Waals surface area contributed by atoms with Gasteiger partial charge in [-0.2, -0.15) is 0 Å². The molecule has 0 radical (unpaired) electrons. The number of nitrogens with zero attached hydrogens (tertiary/aromatic N) is 1. The zero-order valence-corrected chi connectivity index (χ0v) is 18.9. The van der Waals surface area contributed by atoms with E-state index in [0.29, 0.717) is 12.2 Å². The molecule has 0 N–H and O–H groups in total. The lowest BCUT2D eigenvalue weighted by Gasteiger charge is -2.31. The van der Waals surface area contributed by atoms with Crippen LogP contribution in [-0.2, 0) is 21.2 Å². The first-order valence-corrected chi connectivity index (χ1v) is 11.9. The summed E-state index contributed by atoms with van der Waals surface area (Å²) in [6.45, 7) is 1.89. The Hall–Kier alpha value is -3.38. The smallest absolute Gasteiger partial charge is 0.270 e. The number of hydrogen-bond donors (Lipinski definition) is 0. The molecular weight excluding hydrogens is 422 g/mol. The second-order valence-corrected chi connectivity index (χ2v) is 9.69. The van der Waals surface area contributed by atoms with Gasteiger partial charge in [0.1, 0.15) is 5.75 Å². The topological polar surface area (TPSA) is 63.7 Å². The van der Waals surface area contributed by atoms with E-state index >= 15 is 0 Å². The first-order chi connectivity index (χ1) is 15.4. The van der Waals surface area contributed by atoms with Crippen molar-refractivity contribution in [2.45, 2.75) is 30.6 Å². The Labute approximate surface area is 189 Å². The molecule has 0 fully saturated rings. The minimum Gasteiger partial charge on any atom is -0.496 e. The zero-order chi connectivity index (χ0) is 22.7. The van der Waals surface area contributed by atoms with Gasteiger partial charge in [-0.3, -0.25) is 4.79 Å². The van der Waals surface area contributed by atoms with Crippen LogP contribution in [0.2, 0.25) is 0 Å². The molecule has 3 aromatic carbocycles. The van der Waals surface area contributed by atoms with E-state index in [0.717, 1.165) is 26.6 Å². The number of carbonyl (C=O) groups excluding carboxylic acids is 1. The van der Waals surface area contributed by atoms with Gasteiger partial charge in [-0.15, -0.1) is 0 Å². The van der Waals surface area contributed by atoms with Gasteiger partial charge in [0.2, 0.25) is 5.91 Å². The van der Waals surface area contributed by atoms with Gasteiger partial charge in [-0.25, -0.2) is 12.7 Å². The van der Waals surface area contributed by atoms with Crippen molar-refractivity contribution >= 4 is 15.9 Å². The SMILES string of the molecule is COc1ccccc1[C@H]1CC(=O)N(S(=O)(=O)c2ccc(C)cc2)C=C1Cc1ccccc1. The van der Waals surface area contributed by atoms with Gasteiger partial charge in [-0.05, 0) is 42.7 Å². The number of hydrogen-bond acceptors (Lipinski definition) is 4. The molecular formula is C26H25NO4S. The highest BCUT2D eigenvalue weighted by Gasteiger charge is 2.36. The van der Waals surface area contributed by atoms with Gasteiger partial charge in [0.25, 0.3) is 10.0 Å². The molecule has 0 bridgehead atoms. The van der Waals surface area contributed by atoms with Crippen molar-refractivity contribution in [3.8, 4) is 5.75 Å². The summed E-state index contributed by atoms with van der Waals surface area (Å²) in [6, 6.07) is 23.9. The zero-order valence-electron chi connectivity index (χ0n) is 18.1. The van der Waals surface area contributed by atoms with Crippen LogP contribution in [0.1, 0.15) is 29.0 Å². The molecule has 1 aliphatic rings. The Balaban J connectivity index is 1.80. The van der Waals surface area contributed by atoms with Crippen molar-refractivity contribution in [2.75, 3.05) is 7.11 Å². The second-order valence-electron chi connectivity index (χ2n) is 7.87. The van der Waals surface area contributed by atoms with E-state index in [9.17, 15) is 13.2 Å². The molecule has 0 aliphatic carbocycles. The van der Waals surface area contributed by atoms with Crippen LogP contribution >= 0.6 is 0 Å². The molecule has 1 atom stereocenters. The van der Waals surface area contributed by atoms with Crippen molar-refractivity contribution in [1.82, 2.24) is 4.31 Å². The number of sulfonamides is 1. The number of carbonyl (C=O) groups is 1. The van der Waals surface area contributed by atoms with Crippen LogP contribution in [0.3, 0.4) is 0 Å². The molecule has 0 aromatic heterocycles. The van der Waals surface area contributed by atoms with Crippen LogP contribution in [0.4, 0.5) is 0 Å². The van der Waals surface area contributed by atoms with E-state index < -0.39 is 15.9 Å². The molecule has 0 unspecified atom stereocenters. The number of ether oxygens (including phenoxy) is 1. The number of methoxy groups -OCH3 is 1. The molecule has 32 heavy (non-hydrogen) atoms. The van der Waals surface area contributed by atoms with Crippen molar-refractivity contribution in [3.05, 3.63) is 107 Å². The third-order valence-electron chi connectivity index (χ3n) is 5.70. The maximum absolute atomic E-state index is 13.3. The first-order valence-electron chi connectivity index (χ1n) is 10.4. The average Bonchev–Trinajstić information content (AvgIpc) is 2.81. The first kappa shape index (κ1) is 21.8. The Morgan fingerprint density at radius 1 is 0.938 bits per heavy atom. The fraction of sp³-hybridized carbons (Fsp3) is 0.192. The Kier molecular flexibility index (Phi) is 6.15. The standard InChI is InChI=1S/C26H25NO4S/c1-19-12-14-22(15-13-19)32(29,30)27-18-21(16-20-8-4-3-5-9-20)24(17-26(27)28)23-10-6-7-11-25(23)31-2/h3-15,18,24H,16-17H2,1-2H3/t24-/m0/s1. The average molecular weight is 448 g/mol. The van der Waals surface area contributed by atoms with Crippen LogP contribution in [0.5, 0.6) is 5.75 Å². The largest absolute Gasteiger partial charge is 0.496 e. The van der Waals surface area contributed by atoms with Gasteiger partial charge < -0.3 is 4.74 Å². The lowest BCUT2D eigenvalue weighted by Crippen LogP contribution is -2.37. The number of amides is 1. The number of para-hydroxylation sites is 1. The molecule has 164 valence electrons. The predicted octanol–water partition coefficient (Wildman–Crippen LogP) is 4.84. The lowest BCUT2D eigenvalue weighted by atomic mass is 9.83. The highest BCUT2D eigenvalue weighted by molar-refractivity contribution is 7.89. The molecule has 4 rings (SSSR count). The Bertz CT molecular complexity index is 1250. The van der Waals surface area contributed by atoms with Gasteiger partial charge >= 0.3 is 0 Å². The summed E-state index contributed by atoms with van der Waals surface area (Å²) in [4.78, 5) is 13.2. The normalized spacial score (nSPS) is 16.6. The van der Waals surface area contributed by atoms with Crippen molar-refractivity contribution < 1.29 is 17.9 Å². The number of aryl methyl sites for hydroxylation is 1. The lowest BCUT2D eigenvalue weighted by molar-refractivity contribution is -0.125. The summed E-state index contributed by atoms with van der Waals surface area (Å²) in [6.07, 6.45) is 2.08. The molecule has 0 saturated heterocycles. The fourth-order valence-corrected chi connectivity index (χ4v) is 5.32. The molecule has 0 saturated carbocycles. The maximum Gasteiger partial charge on any atom is 0.270 e. The molecule has 1 aliphatic heterocycles. The highest BCUT2D eigenvalue weighted by Crippen LogP contribution is 2.40. The van der Waals surface area contributed by atoms with Crippen LogP contribution in [0, 0.1) is 6.92 Å². The third-order valence-corrected chi connectivity index (χ3v) is 7.39. The van der Waals surface area contributed by atoms with Crippen LogP contribution in [0.25, 0.3) is 0 Å². The predicted molar refractivity (Wildman–Crippen MR) is 124 cm³/mol. The van der Waals surface area contributed by atoms with E-state index in [4.69, 9.17) is 4.74 Å². The minimum absolute atomic E-state index is 0.0458. The van der Waals surface area contributed by atoms with E-state index in [-0.39, 0.29) is 17.2 Å². The molecule has 3 aromatic rings. The van der Waals surface area contributed by atoms with E-state index in [2.05, 4.69) is 0 Å². The summed E-state index contributed by atoms with van der Waals surface area (Å²) < 4.78 is 33.1.